The normalized spacial score (nSPS) is 15.6. The van der Waals surface area contributed by atoms with Gasteiger partial charge in [-0.2, -0.15) is 18.3 Å². The van der Waals surface area contributed by atoms with Gasteiger partial charge in [-0.15, -0.1) is 0 Å². The van der Waals surface area contributed by atoms with Gasteiger partial charge in [0.25, 0.3) is 0 Å². The van der Waals surface area contributed by atoms with Crippen molar-refractivity contribution in [1.29, 1.82) is 0 Å². The maximum Gasteiger partial charge on any atom is 0.416 e. The van der Waals surface area contributed by atoms with Crippen molar-refractivity contribution in [3.63, 3.8) is 0 Å². The van der Waals surface area contributed by atoms with E-state index in [1.54, 1.807) is 4.68 Å². The Labute approximate surface area is 113 Å². The molecular weight excluding hydrogens is 269 g/mol. The summed E-state index contributed by atoms with van der Waals surface area (Å²) in [6.07, 6.45) is -0.596. The molecule has 0 spiro atoms. The van der Waals surface area contributed by atoms with Gasteiger partial charge in [-0.3, -0.25) is 0 Å². The van der Waals surface area contributed by atoms with Crippen LogP contribution in [0.1, 0.15) is 24.2 Å². The first-order chi connectivity index (χ1) is 9.54. The maximum atomic E-state index is 12.5. The molecule has 2 aromatic rings. The largest absolute Gasteiger partial charge is 0.416 e. The molecule has 1 heterocycles. The van der Waals surface area contributed by atoms with E-state index in [-0.39, 0.29) is 0 Å². The van der Waals surface area contributed by atoms with E-state index in [0.717, 1.165) is 25.0 Å². The van der Waals surface area contributed by atoms with Crippen LogP contribution in [0.4, 0.5) is 13.2 Å². The molecule has 0 radical (unpaired) electrons. The van der Waals surface area contributed by atoms with Gasteiger partial charge in [0.15, 0.2) is 0 Å². The molecule has 20 heavy (non-hydrogen) atoms. The van der Waals surface area contributed by atoms with Crippen molar-refractivity contribution in [2.45, 2.75) is 31.6 Å². The molecule has 7 heteroatoms. The SMILES string of the molecule is FC(F)(F)c1ccc(-n2ncnc2CNC2CC2)cc1. The van der Waals surface area contributed by atoms with Crippen molar-refractivity contribution in [3.05, 3.63) is 42.0 Å². The van der Waals surface area contributed by atoms with Crippen LogP contribution in [-0.4, -0.2) is 20.8 Å². The monoisotopic (exact) mass is 282 g/mol. The van der Waals surface area contributed by atoms with Crippen LogP contribution in [0.25, 0.3) is 5.69 Å². The lowest BCUT2D eigenvalue weighted by molar-refractivity contribution is -0.137. The summed E-state index contributed by atoms with van der Waals surface area (Å²) >= 11 is 0. The Morgan fingerprint density at radius 3 is 2.50 bits per heavy atom. The summed E-state index contributed by atoms with van der Waals surface area (Å²) in [7, 11) is 0. The van der Waals surface area contributed by atoms with Gasteiger partial charge >= 0.3 is 6.18 Å². The Morgan fingerprint density at radius 2 is 1.90 bits per heavy atom. The van der Waals surface area contributed by atoms with Crippen molar-refractivity contribution in [3.8, 4) is 5.69 Å². The third-order valence-corrected chi connectivity index (χ3v) is 3.18. The molecular formula is C13H13F3N4. The van der Waals surface area contributed by atoms with E-state index in [0.29, 0.717) is 24.1 Å². The van der Waals surface area contributed by atoms with Crippen molar-refractivity contribution >= 4 is 0 Å². The van der Waals surface area contributed by atoms with Crippen molar-refractivity contribution in [2.24, 2.45) is 0 Å². The summed E-state index contributed by atoms with van der Waals surface area (Å²) in [5, 5.41) is 7.36. The van der Waals surface area contributed by atoms with Gasteiger partial charge < -0.3 is 5.32 Å². The van der Waals surface area contributed by atoms with Crippen LogP contribution < -0.4 is 5.32 Å². The van der Waals surface area contributed by atoms with Gasteiger partial charge in [-0.1, -0.05) is 0 Å². The highest BCUT2D eigenvalue weighted by molar-refractivity contribution is 5.35. The Kier molecular flexibility index (Phi) is 3.21. The fourth-order valence-electron chi connectivity index (χ4n) is 1.92. The van der Waals surface area contributed by atoms with Crippen molar-refractivity contribution in [1.82, 2.24) is 20.1 Å². The lowest BCUT2D eigenvalue weighted by Gasteiger charge is -2.09. The van der Waals surface area contributed by atoms with E-state index in [1.807, 2.05) is 0 Å². The van der Waals surface area contributed by atoms with Gasteiger partial charge in [-0.25, -0.2) is 9.67 Å². The second kappa shape index (κ2) is 4.90. The molecule has 0 aliphatic heterocycles. The molecule has 1 fully saturated rings. The zero-order chi connectivity index (χ0) is 14.2. The first kappa shape index (κ1) is 13.1. The Balaban J connectivity index is 1.79. The molecule has 3 rings (SSSR count). The number of aromatic nitrogens is 3. The smallest absolute Gasteiger partial charge is 0.307 e. The minimum absolute atomic E-state index is 0.535. The van der Waals surface area contributed by atoms with Gasteiger partial charge in [0, 0.05) is 6.04 Å². The van der Waals surface area contributed by atoms with Crippen LogP contribution in [0, 0.1) is 0 Å². The second-order valence-electron chi connectivity index (χ2n) is 4.79. The molecule has 1 aromatic carbocycles. The Bertz CT molecular complexity index is 584. The van der Waals surface area contributed by atoms with E-state index in [9.17, 15) is 13.2 Å². The van der Waals surface area contributed by atoms with Crippen molar-refractivity contribution < 1.29 is 13.2 Å². The third-order valence-electron chi connectivity index (χ3n) is 3.18. The number of rotatable bonds is 4. The number of alkyl halides is 3. The highest BCUT2D eigenvalue weighted by atomic mass is 19.4. The summed E-state index contributed by atoms with van der Waals surface area (Å²) in [5.41, 5.74) is -0.0953. The zero-order valence-electron chi connectivity index (χ0n) is 10.6. The van der Waals surface area contributed by atoms with Crippen LogP contribution in [0.3, 0.4) is 0 Å². The van der Waals surface area contributed by atoms with Crippen LogP contribution in [0.5, 0.6) is 0 Å². The summed E-state index contributed by atoms with van der Waals surface area (Å²) in [5.74, 6) is 0.691. The topological polar surface area (TPSA) is 42.7 Å². The molecule has 0 amide bonds. The first-order valence-corrected chi connectivity index (χ1v) is 6.34. The molecule has 1 aliphatic rings. The standard InChI is InChI=1S/C13H13F3N4/c14-13(15,16)9-1-5-11(6-2-9)20-12(18-8-19-20)7-17-10-3-4-10/h1-2,5-6,8,10,17H,3-4,7H2. The fraction of sp³-hybridized carbons (Fsp3) is 0.385. The van der Waals surface area contributed by atoms with E-state index in [2.05, 4.69) is 15.4 Å². The van der Waals surface area contributed by atoms with Crippen LogP contribution in [0.2, 0.25) is 0 Å². The van der Waals surface area contributed by atoms with Gasteiger partial charge in [0.05, 0.1) is 17.8 Å². The van der Waals surface area contributed by atoms with Crippen molar-refractivity contribution in [2.75, 3.05) is 0 Å². The van der Waals surface area contributed by atoms with Crippen LogP contribution >= 0.6 is 0 Å². The highest BCUT2D eigenvalue weighted by Crippen LogP contribution is 2.29. The molecule has 1 saturated carbocycles. The van der Waals surface area contributed by atoms with E-state index in [4.69, 9.17) is 0 Å². The van der Waals surface area contributed by atoms with Crippen LogP contribution in [0.15, 0.2) is 30.6 Å². The molecule has 0 bridgehead atoms. The predicted molar refractivity (Wildman–Crippen MR) is 66.2 cm³/mol. The minimum atomic E-state index is -4.32. The number of halogens is 3. The zero-order valence-corrected chi connectivity index (χ0v) is 10.6. The summed E-state index contributed by atoms with van der Waals surface area (Å²) in [4.78, 5) is 4.13. The van der Waals surface area contributed by atoms with Crippen LogP contribution in [-0.2, 0) is 12.7 Å². The minimum Gasteiger partial charge on any atom is -0.307 e. The third kappa shape index (κ3) is 2.82. The summed E-state index contributed by atoms with van der Waals surface area (Å²) in [6.45, 7) is 0.561. The van der Waals surface area contributed by atoms with E-state index < -0.39 is 11.7 Å². The number of nitrogens with zero attached hydrogens (tertiary/aromatic N) is 3. The molecule has 106 valence electrons. The average Bonchev–Trinajstić information content (AvgIpc) is 3.12. The molecule has 0 atom stereocenters. The number of hydrogen-bond donors (Lipinski definition) is 1. The molecule has 1 aliphatic carbocycles. The molecule has 1 aromatic heterocycles. The van der Waals surface area contributed by atoms with Gasteiger partial charge in [0.2, 0.25) is 0 Å². The van der Waals surface area contributed by atoms with Gasteiger partial charge in [0.1, 0.15) is 12.2 Å². The number of hydrogen-bond acceptors (Lipinski definition) is 3. The molecule has 1 N–H and O–H groups in total. The quantitative estimate of drug-likeness (QED) is 0.937. The van der Waals surface area contributed by atoms with E-state index in [1.165, 1.54) is 18.5 Å². The highest BCUT2D eigenvalue weighted by Gasteiger charge is 2.30. The Hall–Kier alpha value is -1.89. The Morgan fingerprint density at radius 1 is 1.20 bits per heavy atom. The lowest BCUT2D eigenvalue weighted by atomic mass is 10.2. The fourth-order valence-corrected chi connectivity index (χ4v) is 1.92. The second-order valence-corrected chi connectivity index (χ2v) is 4.79. The molecule has 0 unspecified atom stereocenters. The predicted octanol–water partition coefficient (Wildman–Crippen LogP) is 2.54. The summed E-state index contributed by atoms with van der Waals surface area (Å²) < 4.78 is 39.1. The maximum absolute atomic E-state index is 12.5. The number of benzene rings is 1. The average molecular weight is 282 g/mol. The first-order valence-electron chi connectivity index (χ1n) is 6.34. The summed E-state index contributed by atoms with van der Waals surface area (Å²) in [6, 6.07) is 5.44. The molecule has 0 saturated heterocycles. The van der Waals surface area contributed by atoms with Gasteiger partial charge in [-0.05, 0) is 37.1 Å². The molecule has 4 nitrogen and oxygen atoms in total. The number of nitrogens with one attached hydrogen (secondary N) is 1. The lowest BCUT2D eigenvalue weighted by Crippen LogP contribution is -2.19. The van der Waals surface area contributed by atoms with E-state index >= 15 is 0 Å².